The van der Waals surface area contributed by atoms with Crippen molar-refractivity contribution < 1.29 is 0 Å². The number of nitrogens with two attached hydrogens (primary N) is 1. The molecule has 0 bridgehead atoms. The third-order valence-electron chi connectivity index (χ3n) is 2.28. The number of pyridine rings is 1. The van der Waals surface area contributed by atoms with Crippen LogP contribution in [0.15, 0.2) is 29.6 Å². The van der Waals surface area contributed by atoms with Crippen molar-refractivity contribution in [2.45, 2.75) is 0 Å². The van der Waals surface area contributed by atoms with Crippen molar-refractivity contribution in [3.63, 3.8) is 0 Å². The topological polar surface area (TPSA) is 56.2 Å². The zero-order valence-electron chi connectivity index (χ0n) is 8.09. The van der Waals surface area contributed by atoms with E-state index in [0.717, 1.165) is 10.7 Å². The SMILES string of the molecule is Nc1ccc(Cl)n2c(-c3cccs3)nnc12. The van der Waals surface area contributed by atoms with Gasteiger partial charge < -0.3 is 5.73 Å². The monoisotopic (exact) mass is 250 g/mol. The summed E-state index contributed by atoms with van der Waals surface area (Å²) >= 11 is 7.71. The van der Waals surface area contributed by atoms with Crippen LogP contribution >= 0.6 is 22.9 Å². The molecule has 0 atom stereocenters. The molecule has 3 heterocycles. The molecule has 0 amide bonds. The first-order valence-electron chi connectivity index (χ1n) is 4.60. The van der Waals surface area contributed by atoms with E-state index in [4.69, 9.17) is 17.3 Å². The van der Waals surface area contributed by atoms with Crippen LogP contribution in [0.2, 0.25) is 5.15 Å². The lowest BCUT2D eigenvalue weighted by Crippen LogP contribution is -1.94. The highest BCUT2D eigenvalue weighted by atomic mass is 35.5. The molecule has 0 aliphatic rings. The molecule has 80 valence electrons. The predicted octanol–water partition coefficient (Wildman–Crippen LogP) is 2.69. The lowest BCUT2D eigenvalue weighted by Gasteiger charge is -2.01. The van der Waals surface area contributed by atoms with E-state index >= 15 is 0 Å². The van der Waals surface area contributed by atoms with Gasteiger partial charge in [0, 0.05) is 0 Å². The average molecular weight is 251 g/mol. The summed E-state index contributed by atoms with van der Waals surface area (Å²) in [6.07, 6.45) is 0. The summed E-state index contributed by atoms with van der Waals surface area (Å²) in [6, 6.07) is 7.40. The van der Waals surface area contributed by atoms with Gasteiger partial charge in [-0.3, -0.25) is 4.40 Å². The van der Waals surface area contributed by atoms with Gasteiger partial charge in [-0.25, -0.2) is 0 Å². The van der Waals surface area contributed by atoms with E-state index in [9.17, 15) is 0 Å². The second-order valence-corrected chi connectivity index (χ2v) is 4.61. The molecule has 0 fully saturated rings. The number of hydrogen-bond donors (Lipinski definition) is 1. The second kappa shape index (κ2) is 3.47. The largest absolute Gasteiger partial charge is 0.396 e. The highest BCUT2D eigenvalue weighted by Gasteiger charge is 2.13. The molecule has 16 heavy (non-hydrogen) atoms. The van der Waals surface area contributed by atoms with Crippen LogP contribution in [0.25, 0.3) is 16.3 Å². The van der Waals surface area contributed by atoms with Crippen LogP contribution in [0.3, 0.4) is 0 Å². The van der Waals surface area contributed by atoms with Crippen molar-refractivity contribution in [3.05, 3.63) is 34.8 Å². The minimum Gasteiger partial charge on any atom is -0.396 e. The Morgan fingerprint density at radius 1 is 1.25 bits per heavy atom. The van der Waals surface area contributed by atoms with E-state index in [1.165, 1.54) is 0 Å². The Hall–Kier alpha value is -1.59. The number of fused-ring (bicyclic) bond motifs is 1. The summed E-state index contributed by atoms with van der Waals surface area (Å²) in [7, 11) is 0. The number of halogens is 1. The van der Waals surface area contributed by atoms with Crippen LogP contribution in [0, 0.1) is 0 Å². The molecule has 0 radical (unpaired) electrons. The van der Waals surface area contributed by atoms with E-state index < -0.39 is 0 Å². The third kappa shape index (κ3) is 1.29. The predicted molar refractivity (Wildman–Crippen MR) is 65.7 cm³/mol. The fourth-order valence-electron chi connectivity index (χ4n) is 1.55. The summed E-state index contributed by atoms with van der Waals surface area (Å²) in [5.74, 6) is 0.724. The Morgan fingerprint density at radius 3 is 2.88 bits per heavy atom. The van der Waals surface area contributed by atoms with Crippen molar-refractivity contribution >= 4 is 34.3 Å². The van der Waals surface area contributed by atoms with Gasteiger partial charge in [0.2, 0.25) is 0 Å². The van der Waals surface area contributed by atoms with Crippen LogP contribution in [-0.2, 0) is 0 Å². The van der Waals surface area contributed by atoms with Crippen molar-refractivity contribution in [1.29, 1.82) is 0 Å². The minimum absolute atomic E-state index is 0.553. The van der Waals surface area contributed by atoms with Crippen LogP contribution in [-0.4, -0.2) is 14.6 Å². The highest BCUT2D eigenvalue weighted by Crippen LogP contribution is 2.27. The molecule has 4 nitrogen and oxygen atoms in total. The molecular formula is C10H7ClN4S. The smallest absolute Gasteiger partial charge is 0.185 e. The van der Waals surface area contributed by atoms with Crippen molar-refractivity contribution in [3.8, 4) is 10.7 Å². The van der Waals surface area contributed by atoms with E-state index in [2.05, 4.69) is 10.2 Å². The van der Waals surface area contributed by atoms with Crippen LogP contribution in [0.4, 0.5) is 5.69 Å². The summed E-state index contributed by atoms with van der Waals surface area (Å²) in [4.78, 5) is 1.01. The molecule has 0 aliphatic heterocycles. The Bertz CT molecular complexity index is 644. The van der Waals surface area contributed by atoms with Gasteiger partial charge in [0.15, 0.2) is 11.5 Å². The van der Waals surface area contributed by atoms with Crippen molar-refractivity contribution in [1.82, 2.24) is 14.6 Å². The molecule has 2 N–H and O–H groups in total. The van der Waals surface area contributed by atoms with E-state index in [-0.39, 0.29) is 0 Å². The first kappa shape index (κ1) is 9.62. The molecule has 0 spiro atoms. The van der Waals surface area contributed by atoms with Gasteiger partial charge in [-0.1, -0.05) is 17.7 Å². The molecule has 0 saturated heterocycles. The maximum Gasteiger partial charge on any atom is 0.185 e. The third-order valence-corrected chi connectivity index (χ3v) is 3.44. The number of thiophene rings is 1. The second-order valence-electron chi connectivity index (χ2n) is 3.27. The normalized spacial score (nSPS) is 11.1. The van der Waals surface area contributed by atoms with Crippen LogP contribution in [0.1, 0.15) is 0 Å². The molecule has 3 rings (SSSR count). The Labute approximate surface area is 100 Å². The first-order chi connectivity index (χ1) is 7.77. The summed E-state index contributed by atoms with van der Waals surface area (Å²) in [5, 5.41) is 10.7. The zero-order valence-corrected chi connectivity index (χ0v) is 9.66. The molecule has 0 saturated carbocycles. The van der Waals surface area contributed by atoms with Crippen molar-refractivity contribution in [2.24, 2.45) is 0 Å². The van der Waals surface area contributed by atoms with Gasteiger partial charge in [-0.05, 0) is 23.6 Å². The standard InChI is InChI=1S/C10H7ClN4S/c11-8-4-3-6(12)9-13-14-10(15(8)9)7-2-1-5-16-7/h1-5H,12H2. The van der Waals surface area contributed by atoms with E-state index in [1.807, 2.05) is 17.5 Å². The quantitative estimate of drug-likeness (QED) is 0.676. The summed E-state index contributed by atoms with van der Waals surface area (Å²) in [6.45, 7) is 0. The summed E-state index contributed by atoms with van der Waals surface area (Å²) < 4.78 is 1.75. The first-order valence-corrected chi connectivity index (χ1v) is 5.86. The molecule has 3 aromatic rings. The van der Waals surface area contributed by atoms with E-state index in [1.54, 1.807) is 27.9 Å². The Morgan fingerprint density at radius 2 is 2.12 bits per heavy atom. The minimum atomic E-state index is 0.553. The molecule has 3 aromatic heterocycles. The average Bonchev–Trinajstić information content (AvgIpc) is 2.90. The maximum absolute atomic E-state index is 6.12. The fraction of sp³-hybridized carbons (Fsp3) is 0. The number of nitrogens with zero attached hydrogens (tertiary/aromatic N) is 3. The van der Waals surface area contributed by atoms with Gasteiger partial charge in [0.1, 0.15) is 5.15 Å². The molecule has 0 unspecified atom stereocenters. The number of hydrogen-bond acceptors (Lipinski definition) is 4. The van der Waals surface area contributed by atoms with Crippen LogP contribution < -0.4 is 5.73 Å². The highest BCUT2D eigenvalue weighted by molar-refractivity contribution is 7.13. The molecule has 0 aliphatic carbocycles. The maximum atomic E-state index is 6.12. The fourth-order valence-corrected chi connectivity index (χ4v) is 2.47. The van der Waals surface area contributed by atoms with Gasteiger partial charge in [-0.15, -0.1) is 21.5 Å². The zero-order chi connectivity index (χ0) is 11.1. The lowest BCUT2D eigenvalue weighted by molar-refractivity contribution is 1.12. The van der Waals surface area contributed by atoms with Crippen LogP contribution in [0.5, 0.6) is 0 Å². The molecular weight excluding hydrogens is 244 g/mol. The number of aromatic nitrogens is 3. The molecule has 6 heteroatoms. The van der Waals surface area contributed by atoms with Gasteiger partial charge >= 0.3 is 0 Å². The number of rotatable bonds is 1. The van der Waals surface area contributed by atoms with Gasteiger partial charge in [0.25, 0.3) is 0 Å². The lowest BCUT2D eigenvalue weighted by atomic mass is 10.4. The van der Waals surface area contributed by atoms with Gasteiger partial charge in [0.05, 0.1) is 10.6 Å². The Kier molecular flexibility index (Phi) is 2.08. The summed E-state index contributed by atoms with van der Waals surface area (Å²) in [5.41, 5.74) is 6.98. The van der Waals surface area contributed by atoms with Crippen molar-refractivity contribution in [2.75, 3.05) is 5.73 Å². The van der Waals surface area contributed by atoms with E-state index in [0.29, 0.717) is 16.5 Å². The molecule has 0 aromatic carbocycles. The number of anilines is 1. The number of nitrogen functional groups attached to an aromatic ring is 1. The van der Waals surface area contributed by atoms with Gasteiger partial charge in [-0.2, -0.15) is 0 Å². The Balaban J connectivity index is 2.40.